The summed E-state index contributed by atoms with van der Waals surface area (Å²) in [6, 6.07) is 0. The van der Waals surface area contributed by atoms with Crippen molar-refractivity contribution in [1.29, 1.82) is 0 Å². The number of aliphatic hydroxyl groups is 1. The summed E-state index contributed by atoms with van der Waals surface area (Å²) in [5.74, 6) is 0. The first-order valence-corrected chi connectivity index (χ1v) is 10.8. The molecule has 2 nitrogen and oxygen atoms in total. The minimum atomic E-state index is -0.615. The fourth-order valence-electron chi connectivity index (χ4n) is 3.44. The molecule has 0 heterocycles. The number of hydrogen-bond donors (Lipinski definition) is 1. The van der Waals surface area contributed by atoms with Gasteiger partial charge in [0.2, 0.25) is 0 Å². The first-order chi connectivity index (χ1) is 13.1. The summed E-state index contributed by atoms with van der Waals surface area (Å²) in [5.41, 5.74) is 5.15. The average molecular weight is 387 g/mol. The molecular weight excluding hydrogens is 344 g/mol. The minimum Gasteiger partial charge on any atom is -0.390 e. The van der Waals surface area contributed by atoms with Crippen molar-refractivity contribution in [2.45, 2.75) is 86.2 Å². The molecule has 0 aromatic carbocycles. The largest absolute Gasteiger partial charge is 0.390 e. The number of ether oxygens (including phenoxy) is 1. The van der Waals surface area contributed by atoms with Crippen LogP contribution in [0.1, 0.15) is 80.6 Å². The Kier molecular flexibility index (Phi) is 10.2. The van der Waals surface area contributed by atoms with E-state index < -0.39 is 5.60 Å². The molecule has 0 amide bonds. The molecule has 1 rings (SSSR count). The van der Waals surface area contributed by atoms with Gasteiger partial charge >= 0.3 is 0 Å². The standard InChI is InChI=1S/C26H42O2/c1-8-26(7,27)18-20-28-19-16-22(3)12-9-11-21(2)14-15-24-23(4)13-10-17-25(24,5)6/h9,11-12,14-16,27H,8,10,13,17-20H2,1-7H3. The summed E-state index contributed by atoms with van der Waals surface area (Å²) in [6.45, 7) is 16.2. The molecule has 0 bridgehead atoms. The molecule has 0 aromatic heterocycles. The van der Waals surface area contributed by atoms with Crippen molar-refractivity contribution >= 4 is 0 Å². The molecule has 0 saturated heterocycles. The second kappa shape index (κ2) is 11.6. The van der Waals surface area contributed by atoms with Gasteiger partial charge in [0.15, 0.2) is 0 Å². The summed E-state index contributed by atoms with van der Waals surface area (Å²) in [6.07, 6.45) is 18.2. The van der Waals surface area contributed by atoms with Gasteiger partial charge in [0.05, 0.1) is 12.2 Å². The van der Waals surface area contributed by atoms with Gasteiger partial charge in [0.1, 0.15) is 0 Å². The van der Waals surface area contributed by atoms with Crippen LogP contribution in [0.25, 0.3) is 0 Å². The summed E-state index contributed by atoms with van der Waals surface area (Å²) < 4.78 is 5.60. The zero-order valence-corrected chi connectivity index (χ0v) is 19.3. The van der Waals surface area contributed by atoms with Crippen LogP contribution in [0.5, 0.6) is 0 Å². The van der Waals surface area contributed by atoms with Gasteiger partial charge in [-0.2, -0.15) is 0 Å². The molecular formula is C26H42O2. The third-order valence-electron chi connectivity index (χ3n) is 5.84. The highest BCUT2D eigenvalue weighted by Gasteiger charge is 2.26. The second-order valence-electron chi connectivity index (χ2n) is 9.16. The van der Waals surface area contributed by atoms with Crippen molar-refractivity contribution in [2.24, 2.45) is 5.41 Å². The highest BCUT2D eigenvalue weighted by molar-refractivity contribution is 5.37. The first-order valence-electron chi connectivity index (χ1n) is 10.8. The van der Waals surface area contributed by atoms with Gasteiger partial charge in [-0.1, -0.05) is 73.9 Å². The molecule has 0 spiro atoms. The fraction of sp³-hybridized carbons (Fsp3) is 0.615. The van der Waals surface area contributed by atoms with Crippen LogP contribution < -0.4 is 0 Å². The lowest BCUT2D eigenvalue weighted by molar-refractivity contribution is 0.0162. The van der Waals surface area contributed by atoms with Crippen LogP contribution in [0.4, 0.5) is 0 Å². The predicted octanol–water partition coefficient (Wildman–Crippen LogP) is 7.09. The third kappa shape index (κ3) is 9.21. The summed E-state index contributed by atoms with van der Waals surface area (Å²) >= 11 is 0. The smallest absolute Gasteiger partial charge is 0.0653 e. The zero-order valence-electron chi connectivity index (χ0n) is 19.3. The van der Waals surface area contributed by atoms with E-state index in [4.69, 9.17) is 4.74 Å². The Bertz CT molecular complexity index is 639. The molecule has 0 radical (unpaired) electrons. The van der Waals surface area contributed by atoms with Gasteiger partial charge < -0.3 is 9.84 Å². The van der Waals surface area contributed by atoms with Crippen molar-refractivity contribution in [2.75, 3.05) is 13.2 Å². The van der Waals surface area contributed by atoms with Crippen LogP contribution in [0.15, 0.2) is 58.7 Å². The Morgan fingerprint density at radius 2 is 1.93 bits per heavy atom. The lowest BCUT2D eigenvalue weighted by Gasteiger charge is -2.32. The molecule has 1 aliphatic rings. The number of allylic oxidation sites excluding steroid dienone is 9. The van der Waals surface area contributed by atoms with E-state index in [1.165, 1.54) is 41.6 Å². The third-order valence-corrected chi connectivity index (χ3v) is 5.84. The van der Waals surface area contributed by atoms with Crippen molar-refractivity contribution in [1.82, 2.24) is 0 Å². The van der Waals surface area contributed by atoms with E-state index in [0.29, 0.717) is 25.0 Å². The van der Waals surface area contributed by atoms with E-state index in [2.05, 4.69) is 71.1 Å². The van der Waals surface area contributed by atoms with Crippen molar-refractivity contribution in [3.8, 4) is 0 Å². The topological polar surface area (TPSA) is 29.5 Å². The van der Waals surface area contributed by atoms with Crippen LogP contribution in [0.2, 0.25) is 0 Å². The Balaban J connectivity index is 2.50. The highest BCUT2D eigenvalue weighted by Crippen LogP contribution is 2.40. The average Bonchev–Trinajstić information content (AvgIpc) is 2.60. The first kappa shape index (κ1) is 24.7. The number of rotatable bonds is 10. The van der Waals surface area contributed by atoms with E-state index in [1.54, 1.807) is 0 Å². The Hall–Kier alpha value is -1.38. The van der Waals surface area contributed by atoms with E-state index in [1.807, 2.05) is 13.8 Å². The quantitative estimate of drug-likeness (QED) is 0.321. The Labute approximate surface area is 173 Å². The normalized spacial score (nSPS) is 21.0. The van der Waals surface area contributed by atoms with Crippen molar-refractivity contribution in [3.05, 3.63) is 58.7 Å². The van der Waals surface area contributed by atoms with Crippen LogP contribution in [0, 0.1) is 5.41 Å². The van der Waals surface area contributed by atoms with Gasteiger partial charge in [-0.05, 0) is 70.8 Å². The van der Waals surface area contributed by atoms with E-state index in [9.17, 15) is 5.11 Å². The molecule has 1 unspecified atom stereocenters. The minimum absolute atomic E-state index is 0.291. The molecule has 158 valence electrons. The van der Waals surface area contributed by atoms with E-state index >= 15 is 0 Å². The summed E-state index contributed by atoms with van der Waals surface area (Å²) in [7, 11) is 0. The second-order valence-corrected chi connectivity index (χ2v) is 9.16. The van der Waals surface area contributed by atoms with Crippen LogP contribution >= 0.6 is 0 Å². The molecule has 1 atom stereocenters. The molecule has 0 aromatic rings. The van der Waals surface area contributed by atoms with Gasteiger partial charge in [-0.25, -0.2) is 0 Å². The van der Waals surface area contributed by atoms with E-state index in [0.717, 1.165) is 6.42 Å². The van der Waals surface area contributed by atoms with Gasteiger partial charge in [0.25, 0.3) is 0 Å². The maximum Gasteiger partial charge on any atom is 0.0653 e. The predicted molar refractivity (Wildman–Crippen MR) is 122 cm³/mol. The highest BCUT2D eigenvalue weighted by atomic mass is 16.5. The lowest BCUT2D eigenvalue weighted by atomic mass is 9.72. The van der Waals surface area contributed by atoms with Crippen molar-refractivity contribution < 1.29 is 9.84 Å². The summed E-state index contributed by atoms with van der Waals surface area (Å²) in [5, 5.41) is 9.95. The molecule has 1 N–H and O–H groups in total. The van der Waals surface area contributed by atoms with Crippen molar-refractivity contribution in [3.63, 3.8) is 0 Å². The molecule has 2 heteroatoms. The molecule has 0 fully saturated rings. The molecule has 28 heavy (non-hydrogen) atoms. The Morgan fingerprint density at radius 3 is 2.57 bits per heavy atom. The monoisotopic (exact) mass is 386 g/mol. The van der Waals surface area contributed by atoms with E-state index in [-0.39, 0.29) is 0 Å². The molecule has 0 aliphatic heterocycles. The zero-order chi connectivity index (χ0) is 21.2. The molecule has 1 aliphatic carbocycles. The SMILES string of the molecule is CCC(C)(O)CCOCC=C(C)C=CC=C(C)C=CC1=C(C)CCCC1(C)C. The number of hydrogen-bond acceptors (Lipinski definition) is 2. The van der Waals surface area contributed by atoms with Gasteiger partial charge in [0, 0.05) is 6.61 Å². The summed E-state index contributed by atoms with van der Waals surface area (Å²) in [4.78, 5) is 0. The maximum atomic E-state index is 9.95. The lowest BCUT2D eigenvalue weighted by Crippen LogP contribution is -2.24. The van der Waals surface area contributed by atoms with Gasteiger partial charge in [-0.15, -0.1) is 0 Å². The van der Waals surface area contributed by atoms with Crippen LogP contribution in [-0.2, 0) is 4.74 Å². The molecule has 0 saturated carbocycles. The van der Waals surface area contributed by atoms with Crippen LogP contribution in [-0.4, -0.2) is 23.9 Å². The maximum absolute atomic E-state index is 9.95. The van der Waals surface area contributed by atoms with Gasteiger partial charge in [-0.3, -0.25) is 0 Å². The fourth-order valence-corrected chi connectivity index (χ4v) is 3.44. The Morgan fingerprint density at radius 1 is 1.21 bits per heavy atom. The van der Waals surface area contributed by atoms with Crippen LogP contribution in [0.3, 0.4) is 0 Å².